The first kappa shape index (κ1) is 19.9. The predicted octanol–water partition coefficient (Wildman–Crippen LogP) is 5.15. The third kappa shape index (κ3) is 6.49. The lowest BCUT2D eigenvalue weighted by Crippen LogP contribution is -2.32. The van der Waals surface area contributed by atoms with E-state index in [-0.39, 0.29) is 12.0 Å². The molecule has 138 valence electrons. The van der Waals surface area contributed by atoms with E-state index in [0.717, 1.165) is 12.1 Å². The van der Waals surface area contributed by atoms with Gasteiger partial charge >= 0.3 is 5.97 Å². The highest BCUT2D eigenvalue weighted by molar-refractivity contribution is 5.71. The number of nitrogens with zero attached hydrogens (tertiary/aromatic N) is 1. The smallest absolute Gasteiger partial charge is 0.308 e. The Morgan fingerprint density at radius 3 is 2.19 bits per heavy atom. The van der Waals surface area contributed by atoms with Gasteiger partial charge in [-0.05, 0) is 31.9 Å². The lowest BCUT2D eigenvalue weighted by Gasteiger charge is -2.32. The summed E-state index contributed by atoms with van der Waals surface area (Å²) in [4.78, 5) is 14.8. The summed E-state index contributed by atoms with van der Waals surface area (Å²) in [5, 5.41) is 0. The molecule has 2 aromatic carbocycles. The Labute approximate surface area is 157 Å². The lowest BCUT2D eigenvalue weighted by atomic mass is 10.0. The first-order chi connectivity index (χ1) is 12.4. The van der Waals surface area contributed by atoms with E-state index in [1.54, 1.807) is 0 Å². The molecular weight excluding hydrogens is 322 g/mol. The molecule has 0 aliphatic carbocycles. The highest BCUT2D eigenvalue weighted by Crippen LogP contribution is 2.27. The van der Waals surface area contributed by atoms with Crippen LogP contribution in [0.2, 0.25) is 0 Å². The molecule has 3 nitrogen and oxygen atoms in total. The fourth-order valence-corrected chi connectivity index (χ4v) is 2.96. The molecule has 0 fully saturated rings. The van der Waals surface area contributed by atoms with Crippen molar-refractivity contribution in [3.8, 4) is 0 Å². The third-order valence-corrected chi connectivity index (χ3v) is 4.00. The van der Waals surface area contributed by atoms with Crippen LogP contribution in [0.25, 0.3) is 0 Å². The van der Waals surface area contributed by atoms with Gasteiger partial charge in [-0.15, -0.1) is 6.58 Å². The quantitative estimate of drug-likeness (QED) is 0.487. The Balaban J connectivity index is 2.27. The fourth-order valence-electron chi connectivity index (χ4n) is 2.96. The van der Waals surface area contributed by atoms with Gasteiger partial charge < -0.3 is 4.74 Å². The summed E-state index contributed by atoms with van der Waals surface area (Å²) >= 11 is 0. The number of hydrogen-bond donors (Lipinski definition) is 0. The third-order valence-electron chi connectivity index (χ3n) is 4.00. The van der Waals surface area contributed by atoms with Crippen molar-refractivity contribution in [2.45, 2.75) is 45.4 Å². The Kier molecular flexibility index (Phi) is 7.16. The van der Waals surface area contributed by atoms with Gasteiger partial charge in [-0.2, -0.15) is 0 Å². The molecular formula is C23H29NO2. The number of carbonyl (C=O) groups excluding carboxylic acids is 1. The summed E-state index contributed by atoms with van der Waals surface area (Å²) in [5.41, 5.74) is 1.83. The summed E-state index contributed by atoms with van der Waals surface area (Å²) in [5.74, 6) is -0.187. The van der Waals surface area contributed by atoms with Crippen molar-refractivity contribution in [2.24, 2.45) is 0 Å². The van der Waals surface area contributed by atoms with Gasteiger partial charge in [0.15, 0.2) is 0 Å². The van der Waals surface area contributed by atoms with Crippen LogP contribution < -0.4 is 0 Å². The van der Waals surface area contributed by atoms with Gasteiger partial charge in [0.2, 0.25) is 0 Å². The van der Waals surface area contributed by atoms with E-state index in [1.807, 2.05) is 63.2 Å². The summed E-state index contributed by atoms with van der Waals surface area (Å²) < 4.78 is 5.58. The zero-order valence-electron chi connectivity index (χ0n) is 16.0. The van der Waals surface area contributed by atoms with Crippen LogP contribution >= 0.6 is 0 Å². The van der Waals surface area contributed by atoms with Crippen LogP contribution in [0.5, 0.6) is 0 Å². The molecule has 0 amide bonds. The fraction of sp³-hybridized carbons (Fsp3) is 0.348. The maximum absolute atomic E-state index is 12.5. The molecule has 0 aliphatic heterocycles. The number of rotatable bonds is 8. The highest BCUT2D eigenvalue weighted by Gasteiger charge is 2.26. The minimum absolute atomic E-state index is 0.0655. The second-order valence-corrected chi connectivity index (χ2v) is 7.42. The summed E-state index contributed by atoms with van der Waals surface area (Å²) in [6.07, 6.45) is 2.19. The van der Waals surface area contributed by atoms with Gasteiger partial charge in [-0.1, -0.05) is 66.7 Å². The van der Waals surface area contributed by atoms with Gasteiger partial charge in [0, 0.05) is 19.1 Å². The molecule has 2 rings (SSSR count). The van der Waals surface area contributed by atoms with Gasteiger partial charge in [0.25, 0.3) is 0 Å². The molecule has 2 aromatic rings. The number of esters is 1. The van der Waals surface area contributed by atoms with Crippen molar-refractivity contribution >= 4 is 5.97 Å². The van der Waals surface area contributed by atoms with Crippen LogP contribution in [-0.2, 0) is 16.1 Å². The average Bonchev–Trinajstić information content (AvgIpc) is 2.59. The number of benzene rings is 2. The summed E-state index contributed by atoms with van der Waals surface area (Å²) in [7, 11) is 0. The molecule has 3 heteroatoms. The Morgan fingerprint density at radius 2 is 1.65 bits per heavy atom. The van der Waals surface area contributed by atoms with E-state index < -0.39 is 5.60 Å². The molecule has 0 N–H and O–H groups in total. The van der Waals surface area contributed by atoms with E-state index >= 15 is 0 Å². The molecule has 0 saturated carbocycles. The molecule has 0 aliphatic rings. The molecule has 0 spiro atoms. The normalized spacial score (nSPS) is 12.6. The van der Waals surface area contributed by atoms with Crippen molar-refractivity contribution < 1.29 is 9.53 Å². The van der Waals surface area contributed by atoms with Crippen molar-refractivity contribution in [3.63, 3.8) is 0 Å². The molecule has 1 atom stereocenters. The van der Waals surface area contributed by atoms with Crippen molar-refractivity contribution in [1.82, 2.24) is 4.90 Å². The Morgan fingerprint density at radius 1 is 1.08 bits per heavy atom. The van der Waals surface area contributed by atoms with Crippen LogP contribution in [0, 0.1) is 0 Å². The zero-order chi connectivity index (χ0) is 19.0. The SMILES string of the molecule is C=CCN(Cc1ccccc1)C(CC(=O)OC(C)(C)C)c1ccccc1. The molecule has 0 aromatic heterocycles. The highest BCUT2D eigenvalue weighted by atomic mass is 16.6. The van der Waals surface area contributed by atoms with Crippen LogP contribution in [-0.4, -0.2) is 23.0 Å². The summed E-state index contributed by atoms with van der Waals surface area (Å²) in [6.45, 7) is 11.0. The summed E-state index contributed by atoms with van der Waals surface area (Å²) in [6, 6.07) is 20.4. The van der Waals surface area contributed by atoms with E-state index in [9.17, 15) is 4.79 Å². The van der Waals surface area contributed by atoms with Gasteiger partial charge in [0.05, 0.1) is 6.42 Å². The van der Waals surface area contributed by atoms with Gasteiger partial charge in [-0.3, -0.25) is 9.69 Å². The van der Waals surface area contributed by atoms with Crippen molar-refractivity contribution in [3.05, 3.63) is 84.4 Å². The first-order valence-electron chi connectivity index (χ1n) is 9.04. The van der Waals surface area contributed by atoms with E-state index in [1.165, 1.54) is 5.56 Å². The van der Waals surface area contributed by atoms with Crippen LogP contribution in [0.15, 0.2) is 73.3 Å². The van der Waals surface area contributed by atoms with E-state index in [0.29, 0.717) is 13.0 Å². The van der Waals surface area contributed by atoms with E-state index in [2.05, 4.69) is 35.7 Å². The zero-order valence-corrected chi connectivity index (χ0v) is 16.0. The largest absolute Gasteiger partial charge is 0.460 e. The maximum Gasteiger partial charge on any atom is 0.308 e. The molecule has 0 bridgehead atoms. The Bertz CT molecular complexity index is 689. The standard InChI is InChI=1S/C23H29NO2/c1-5-16-24(18-19-12-8-6-9-13-19)21(20-14-10-7-11-15-20)17-22(25)26-23(2,3)4/h5-15,21H,1,16-18H2,2-4H3. The average molecular weight is 351 g/mol. The van der Waals surface area contributed by atoms with Gasteiger partial charge in [0.1, 0.15) is 5.60 Å². The van der Waals surface area contributed by atoms with Crippen molar-refractivity contribution in [2.75, 3.05) is 6.54 Å². The number of carbonyl (C=O) groups is 1. The van der Waals surface area contributed by atoms with Crippen LogP contribution in [0.1, 0.15) is 44.4 Å². The van der Waals surface area contributed by atoms with Gasteiger partial charge in [-0.25, -0.2) is 0 Å². The van der Waals surface area contributed by atoms with Crippen LogP contribution in [0.3, 0.4) is 0 Å². The van der Waals surface area contributed by atoms with E-state index in [4.69, 9.17) is 4.74 Å². The molecule has 0 radical (unpaired) electrons. The minimum atomic E-state index is -0.485. The lowest BCUT2D eigenvalue weighted by molar-refractivity contribution is -0.156. The van der Waals surface area contributed by atoms with Crippen molar-refractivity contribution in [1.29, 1.82) is 0 Å². The molecule has 0 saturated heterocycles. The first-order valence-corrected chi connectivity index (χ1v) is 9.04. The molecule has 0 heterocycles. The van der Waals surface area contributed by atoms with Crippen LogP contribution in [0.4, 0.5) is 0 Å². The topological polar surface area (TPSA) is 29.5 Å². The monoisotopic (exact) mass is 351 g/mol. The predicted molar refractivity (Wildman–Crippen MR) is 107 cm³/mol. The number of hydrogen-bond acceptors (Lipinski definition) is 3. The molecule has 26 heavy (non-hydrogen) atoms. The Hall–Kier alpha value is -2.39. The molecule has 1 unspecified atom stereocenters. The minimum Gasteiger partial charge on any atom is -0.460 e. The second kappa shape index (κ2) is 9.35. The maximum atomic E-state index is 12.5. The number of ether oxygens (including phenoxy) is 1. The second-order valence-electron chi connectivity index (χ2n) is 7.42.